The second-order valence-electron chi connectivity index (χ2n) is 7.05. The molecule has 1 aromatic carbocycles. The largest absolute Gasteiger partial charge is 0.454 e. The van der Waals surface area contributed by atoms with Gasteiger partial charge in [0, 0.05) is 37.2 Å². The number of benzene rings is 1. The van der Waals surface area contributed by atoms with Crippen LogP contribution in [-0.2, 0) is 9.53 Å². The first kappa shape index (κ1) is 16.5. The first-order valence-corrected chi connectivity index (χ1v) is 8.98. The van der Waals surface area contributed by atoms with Crippen LogP contribution in [0, 0.1) is 0 Å². The number of nitrogen functional groups attached to an aromatic ring is 1. The zero-order valence-electron chi connectivity index (χ0n) is 14.4. The number of nitrogens with two attached hydrogens (primary N) is 1. The highest BCUT2D eigenvalue weighted by Crippen LogP contribution is 2.40. The first-order valence-electron chi connectivity index (χ1n) is 8.98. The van der Waals surface area contributed by atoms with Crippen molar-refractivity contribution >= 4 is 17.3 Å². The number of hydrogen-bond donors (Lipinski definition) is 2. The van der Waals surface area contributed by atoms with Gasteiger partial charge in [-0.25, -0.2) is 0 Å². The lowest BCUT2D eigenvalue weighted by molar-refractivity contribution is -0.120. The maximum absolute atomic E-state index is 12.8. The van der Waals surface area contributed by atoms with Crippen LogP contribution in [0.2, 0.25) is 0 Å². The highest BCUT2D eigenvalue weighted by atomic mass is 16.7. The third-order valence-electron chi connectivity index (χ3n) is 5.52. The summed E-state index contributed by atoms with van der Waals surface area (Å²) in [6.07, 6.45) is 4.97. The fourth-order valence-electron chi connectivity index (χ4n) is 4.23. The third-order valence-corrected chi connectivity index (χ3v) is 5.52. The van der Waals surface area contributed by atoms with Gasteiger partial charge in [0.15, 0.2) is 11.5 Å². The van der Waals surface area contributed by atoms with Crippen molar-refractivity contribution in [1.29, 1.82) is 0 Å². The van der Waals surface area contributed by atoms with E-state index in [9.17, 15) is 4.79 Å². The summed E-state index contributed by atoms with van der Waals surface area (Å²) in [5.41, 5.74) is 7.08. The number of morpholine rings is 1. The standard InChI is InChI=1S/C18H25N3O4/c19-13-9-15-16(25-12-24-15)10-14(13)20-17(22)11-18(3-1-2-4-18)21-5-7-23-8-6-21/h9-10H,1-8,11-12,19H2,(H,20,22). The normalized spacial score (nSPS) is 22.1. The number of ether oxygens (including phenoxy) is 3. The van der Waals surface area contributed by atoms with E-state index in [2.05, 4.69) is 10.2 Å². The molecule has 3 aliphatic rings. The lowest BCUT2D eigenvalue weighted by atomic mass is 9.90. The topological polar surface area (TPSA) is 86.1 Å². The van der Waals surface area contributed by atoms with Gasteiger partial charge in [-0.15, -0.1) is 0 Å². The molecule has 1 saturated heterocycles. The predicted octanol–water partition coefficient (Wildman–Crippen LogP) is 1.97. The van der Waals surface area contributed by atoms with Crippen molar-refractivity contribution in [1.82, 2.24) is 4.90 Å². The molecule has 0 radical (unpaired) electrons. The van der Waals surface area contributed by atoms with Gasteiger partial charge in [-0.2, -0.15) is 0 Å². The van der Waals surface area contributed by atoms with Crippen LogP contribution >= 0.6 is 0 Å². The monoisotopic (exact) mass is 347 g/mol. The molecule has 1 saturated carbocycles. The van der Waals surface area contributed by atoms with Crippen molar-refractivity contribution < 1.29 is 19.0 Å². The summed E-state index contributed by atoms with van der Waals surface area (Å²) < 4.78 is 16.2. The number of nitrogens with zero attached hydrogens (tertiary/aromatic N) is 1. The molecule has 7 nitrogen and oxygen atoms in total. The quantitative estimate of drug-likeness (QED) is 0.810. The van der Waals surface area contributed by atoms with Gasteiger partial charge in [-0.3, -0.25) is 9.69 Å². The lowest BCUT2D eigenvalue weighted by Gasteiger charge is -2.43. The van der Waals surface area contributed by atoms with Crippen molar-refractivity contribution in [3.63, 3.8) is 0 Å². The molecule has 0 atom stereocenters. The summed E-state index contributed by atoms with van der Waals surface area (Å²) in [6, 6.07) is 3.44. The van der Waals surface area contributed by atoms with Gasteiger partial charge in [0.25, 0.3) is 0 Å². The van der Waals surface area contributed by atoms with Gasteiger partial charge in [-0.05, 0) is 12.8 Å². The molecule has 2 aliphatic heterocycles. The zero-order valence-corrected chi connectivity index (χ0v) is 14.4. The van der Waals surface area contributed by atoms with E-state index in [-0.39, 0.29) is 18.2 Å². The highest BCUT2D eigenvalue weighted by Gasteiger charge is 2.41. The van der Waals surface area contributed by atoms with E-state index in [1.54, 1.807) is 12.1 Å². The van der Waals surface area contributed by atoms with E-state index < -0.39 is 0 Å². The van der Waals surface area contributed by atoms with Crippen molar-refractivity contribution in [2.75, 3.05) is 44.1 Å². The number of rotatable bonds is 4. The van der Waals surface area contributed by atoms with Crippen molar-refractivity contribution in [3.8, 4) is 11.5 Å². The number of carbonyl (C=O) groups is 1. The lowest BCUT2D eigenvalue weighted by Crippen LogP contribution is -2.53. The number of fused-ring (bicyclic) bond motifs is 1. The smallest absolute Gasteiger partial charge is 0.231 e. The summed E-state index contributed by atoms with van der Waals surface area (Å²) in [5.74, 6) is 1.24. The van der Waals surface area contributed by atoms with Crippen LogP contribution in [0.3, 0.4) is 0 Å². The van der Waals surface area contributed by atoms with Crippen LogP contribution in [0.1, 0.15) is 32.1 Å². The molecule has 2 fully saturated rings. The molecule has 4 rings (SSSR count). The Kier molecular flexibility index (Phi) is 4.43. The fraction of sp³-hybridized carbons (Fsp3) is 0.611. The predicted molar refractivity (Wildman–Crippen MR) is 93.8 cm³/mol. The van der Waals surface area contributed by atoms with Crippen LogP contribution in [0.4, 0.5) is 11.4 Å². The molecule has 136 valence electrons. The Morgan fingerprint density at radius 3 is 2.56 bits per heavy atom. The summed E-state index contributed by atoms with van der Waals surface area (Å²) in [7, 11) is 0. The molecular formula is C18H25N3O4. The van der Waals surface area contributed by atoms with Crippen LogP contribution < -0.4 is 20.5 Å². The van der Waals surface area contributed by atoms with Gasteiger partial charge in [-0.1, -0.05) is 12.8 Å². The SMILES string of the molecule is Nc1cc2c(cc1NC(=O)CC1(N3CCOCC3)CCCC1)OCO2. The van der Waals surface area contributed by atoms with Gasteiger partial charge in [0.1, 0.15) is 0 Å². The molecule has 1 amide bonds. The Morgan fingerprint density at radius 2 is 1.84 bits per heavy atom. The maximum Gasteiger partial charge on any atom is 0.231 e. The summed E-state index contributed by atoms with van der Waals surface area (Å²) >= 11 is 0. The van der Waals surface area contributed by atoms with Crippen LogP contribution in [0.5, 0.6) is 11.5 Å². The van der Waals surface area contributed by atoms with Gasteiger partial charge in [0.2, 0.25) is 12.7 Å². The third kappa shape index (κ3) is 3.26. The molecular weight excluding hydrogens is 322 g/mol. The Balaban J connectivity index is 1.47. The van der Waals surface area contributed by atoms with E-state index in [1.807, 2.05) is 0 Å². The summed E-state index contributed by atoms with van der Waals surface area (Å²) in [4.78, 5) is 15.2. The van der Waals surface area contributed by atoms with Crippen LogP contribution in [-0.4, -0.2) is 49.4 Å². The first-order chi connectivity index (χ1) is 12.2. The number of nitrogens with one attached hydrogen (secondary N) is 1. The van der Waals surface area contributed by atoms with Gasteiger partial charge >= 0.3 is 0 Å². The molecule has 2 heterocycles. The molecule has 1 aromatic rings. The van der Waals surface area contributed by atoms with E-state index in [0.29, 0.717) is 29.3 Å². The molecule has 3 N–H and O–H groups in total. The van der Waals surface area contributed by atoms with Crippen molar-refractivity contribution in [2.45, 2.75) is 37.6 Å². The van der Waals surface area contributed by atoms with Crippen molar-refractivity contribution in [2.24, 2.45) is 0 Å². The Morgan fingerprint density at radius 1 is 1.16 bits per heavy atom. The molecule has 0 unspecified atom stereocenters. The Labute approximate surface area is 147 Å². The second-order valence-corrected chi connectivity index (χ2v) is 7.05. The maximum atomic E-state index is 12.8. The molecule has 1 aliphatic carbocycles. The molecule has 0 spiro atoms. The second kappa shape index (κ2) is 6.72. The van der Waals surface area contributed by atoms with E-state index in [4.69, 9.17) is 19.9 Å². The summed E-state index contributed by atoms with van der Waals surface area (Å²) in [5, 5.41) is 2.97. The molecule has 7 heteroatoms. The average molecular weight is 347 g/mol. The molecule has 0 bridgehead atoms. The van der Waals surface area contributed by atoms with Crippen LogP contribution in [0.15, 0.2) is 12.1 Å². The molecule has 25 heavy (non-hydrogen) atoms. The number of carbonyl (C=O) groups excluding carboxylic acids is 1. The van der Waals surface area contributed by atoms with Crippen molar-refractivity contribution in [3.05, 3.63) is 12.1 Å². The van der Waals surface area contributed by atoms with Gasteiger partial charge in [0.05, 0.1) is 24.6 Å². The minimum atomic E-state index is -0.0427. The summed E-state index contributed by atoms with van der Waals surface area (Å²) in [6.45, 7) is 3.49. The molecule has 0 aromatic heterocycles. The zero-order chi connectivity index (χ0) is 17.3. The van der Waals surface area contributed by atoms with E-state index in [1.165, 1.54) is 12.8 Å². The number of hydrogen-bond acceptors (Lipinski definition) is 6. The highest BCUT2D eigenvalue weighted by molar-refractivity contribution is 5.95. The average Bonchev–Trinajstić information content (AvgIpc) is 3.26. The fourth-order valence-corrected chi connectivity index (χ4v) is 4.23. The van der Waals surface area contributed by atoms with E-state index >= 15 is 0 Å². The minimum absolute atomic E-state index is 0.000966. The number of amides is 1. The van der Waals surface area contributed by atoms with Gasteiger partial charge < -0.3 is 25.3 Å². The Bertz CT molecular complexity index is 652. The number of anilines is 2. The Hall–Kier alpha value is -1.99. The van der Waals surface area contributed by atoms with Crippen LogP contribution in [0.25, 0.3) is 0 Å². The van der Waals surface area contributed by atoms with E-state index in [0.717, 1.165) is 39.1 Å². The minimum Gasteiger partial charge on any atom is -0.454 e.